The lowest BCUT2D eigenvalue weighted by Crippen LogP contribution is -2.40. The van der Waals surface area contributed by atoms with Gasteiger partial charge in [0.1, 0.15) is 24.4 Å². The minimum absolute atomic E-state index is 0.0649. The first kappa shape index (κ1) is 18.6. The summed E-state index contributed by atoms with van der Waals surface area (Å²) in [5.74, 6) is 0. The standard InChI is InChI=1S/C16H30O5/c1-2-3-4-5-6-7-8-9-10-20-11-14(18)16-15(19)13(17)12-21-16/h3-4,13-19H,2,5-12H2,1H3/b4-3+/t13-,14+,15-,16-/m0/s1. The Kier molecular flexibility index (Phi) is 9.87. The third kappa shape index (κ3) is 7.38. The van der Waals surface area contributed by atoms with Crippen molar-refractivity contribution in [1.82, 2.24) is 0 Å². The molecule has 1 saturated heterocycles. The smallest absolute Gasteiger partial charge is 0.114 e. The van der Waals surface area contributed by atoms with Gasteiger partial charge in [-0.1, -0.05) is 31.9 Å². The number of aliphatic hydroxyl groups excluding tert-OH is 3. The molecule has 124 valence electrons. The molecule has 0 aromatic heterocycles. The highest BCUT2D eigenvalue weighted by molar-refractivity contribution is 4.87. The van der Waals surface area contributed by atoms with Crippen LogP contribution in [0.5, 0.6) is 0 Å². The molecule has 5 heteroatoms. The van der Waals surface area contributed by atoms with Crippen LogP contribution < -0.4 is 0 Å². The predicted octanol–water partition coefficient (Wildman–Crippen LogP) is 1.40. The first-order valence-corrected chi connectivity index (χ1v) is 8.05. The largest absolute Gasteiger partial charge is 0.388 e. The summed E-state index contributed by atoms with van der Waals surface area (Å²) in [6.45, 7) is 2.94. The van der Waals surface area contributed by atoms with Crippen LogP contribution in [0.4, 0.5) is 0 Å². The van der Waals surface area contributed by atoms with Gasteiger partial charge in [0.15, 0.2) is 0 Å². The van der Waals surface area contributed by atoms with E-state index in [2.05, 4.69) is 19.1 Å². The Bertz CT molecular complexity index is 282. The minimum Gasteiger partial charge on any atom is -0.388 e. The molecule has 5 nitrogen and oxygen atoms in total. The predicted molar refractivity (Wildman–Crippen MR) is 81.1 cm³/mol. The number of rotatable bonds is 11. The molecule has 1 fully saturated rings. The summed E-state index contributed by atoms with van der Waals surface area (Å²) in [5, 5.41) is 28.8. The molecule has 0 saturated carbocycles. The zero-order chi connectivity index (χ0) is 15.5. The highest BCUT2D eigenvalue weighted by Crippen LogP contribution is 2.17. The lowest BCUT2D eigenvalue weighted by atomic mass is 10.1. The molecule has 0 aromatic carbocycles. The molecule has 0 amide bonds. The van der Waals surface area contributed by atoms with Crippen molar-refractivity contribution < 1.29 is 24.8 Å². The van der Waals surface area contributed by atoms with Gasteiger partial charge in [-0.25, -0.2) is 0 Å². The van der Waals surface area contributed by atoms with Gasteiger partial charge in [-0.2, -0.15) is 0 Å². The van der Waals surface area contributed by atoms with Gasteiger partial charge >= 0.3 is 0 Å². The van der Waals surface area contributed by atoms with Crippen LogP contribution in [0.3, 0.4) is 0 Å². The van der Waals surface area contributed by atoms with Crippen molar-refractivity contribution in [3.05, 3.63) is 12.2 Å². The van der Waals surface area contributed by atoms with E-state index in [0.29, 0.717) is 6.61 Å². The molecule has 1 rings (SSSR count). The molecule has 1 aliphatic rings. The maximum Gasteiger partial charge on any atom is 0.114 e. The molecular formula is C16H30O5. The number of unbranched alkanes of at least 4 members (excludes halogenated alkanes) is 4. The van der Waals surface area contributed by atoms with E-state index in [-0.39, 0.29) is 13.2 Å². The topological polar surface area (TPSA) is 79.2 Å². The van der Waals surface area contributed by atoms with E-state index in [0.717, 1.165) is 25.7 Å². The Balaban J connectivity index is 1.93. The van der Waals surface area contributed by atoms with E-state index in [9.17, 15) is 15.3 Å². The summed E-state index contributed by atoms with van der Waals surface area (Å²) >= 11 is 0. The zero-order valence-corrected chi connectivity index (χ0v) is 13.0. The lowest BCUT2D eigenvalue weighted by Gasteiger charge is -2.20. The molecule has 3 N–H and O–H groups in total. The fourth-order valence-corrected chi connectivity index (χ4v) is 2.37. The summed E-state index contributed by atoms with van der Waals surface area (Å²) < 4.78 is 10.5. The average molecular weight is 302 g/mol. The third-order valence-electron chi connectivity index (χ3n) is 3.67. The summed E-state index contributed by atoms with van der Waals surface area (Å²) in [4.78, 5) is 0. The van der Waals surface area contributed by atoms with Crippen LogP contribution in [0.1, 0.15) is 45.4 Å². The Morgan fingerprint density at radius 2 is 1.95 bits per heavy atom. The van der Waals surface area contributed by atoms with Gasteiger partial charge in [0, 0.05) is 6.61 Å². The van der Waals surface area contributed by atoms with Gasteiger partial charge in [-0.05, 0) is 25.7 Å². The Morgan fingerprint density at radius 3 is 2.62 bits per heavy atom. The van der Waals surface area contributed by atoms with Crippen molar-refractivity contribution in [3.63, 3.8) is 0 Å². The Morgan fingerprint density at radius 1 is 1.19 bits per heavy atom. The van der Waals surface area contributed by atoms with E-state index < -0.39 is 24.4 Å². The van der Waals surface area contributed by atoms with E-state index >= 15 is 0 Å². The quantitative estimate of drug-likeness (QED) is 0.397. The molecule has 0 unspecified atom stereocenters. The van der Waals surface area contributed by atoms with E-state index in [1.807, 2.05) is 0 Å². The molecule has 21 heavy (non-hydrogen) atoms. The monoisotopic (exact) mass is 302 g/mol. The van der Waals surface area contributed by atoms with Crippen LogP contribution in [0.2, 0.25) is 0 Å². The lowest BCUT2D eigenvalue weighted by molar-refractivity contribution is -0.0813. The number of hydrogen-bond acceptors (Lipinski definition) is 5. The van der Waals surface area contributed by atoms with Crippen molar-refractivity contribution in [2.75, 3.05) is 19.8 Å². The van der Waals surface area contributed by atoms with Crippen molar-refractivity contribution in [3.8, 4) is 0 Å². The number of aliphatic hydroxyl groups is 3. The molecular weight excluding hydrogens is 272 g/mol. The van der Waals surface area contributed by atoms with Gasteiger partial charge < -0.3 is 24.8 Å². The molecule has 0 aliphatic carbocycles. The number of allylic oxidation sites excluding steroid dienone is 2. The van der Waals surface area contributed by atoms with Crippen molar-refractivity contribution in [2.24, 2.45) is 0 Å². The first-order chi connectivity index (χ1) is 10.2. The molecule has 1 aliphatic heterocycles. The van der Waals surface area contributed by atoms with Crippen LogP contribution >= 0.6 is 0 Å². The molecule has 0 aromatic rings. The van der Waals surface area contributed by atoms with E-state index in [1.165, 1.54) is 12.8 Å². The van der Waals surface area contributed by atoms with Crippen LogP contribution in [0.25, 0.3) is 0 Å². The Hall–Kier alpha value is -0.460. The molecule has 0 bridgehead atoms. The highest BCUT2D eigenvalue weighted by atomic mass is 16.5. The van der Waals surface area contributed by atoms with Gasteiger partial charge in [0.2, 0.25) is 0 Å². The third-order valence-corrected chi connectivity index (χ3v) is 3.67. The fourth-order valence-electron chi connectivity index (χ4n) is 2.37. The second-order valence-corrected chi connectivity index (χ2v) is 5.58. The molecule has 4 atom stereocenters. The van der Waals surface area contributed by atoms with E-state index in [4.69, 9.17) is 9.47 Å². The SMILES string of the molecule is CC/C=C/CCCCCCOC[C@@H](O)[C@@H]1OC[C@H](O)[C@@H]1O. The maximum absolute atomic E-state index is 9.83. The average Bonchev–Trinajstić information content (AvgIpc) is 2.81. The maximum atomic E-state index is 9.83. The second-order valence-electron chi connectivity index (χ2n) is 5.58. The van der Waals surface area contributed by atoms with Crippen molar-refractivity contribution >= 4 is 0 Å². The summed E-state index contributed by atoms with van der Waals surface area (Å²) in [6, 6.07) is 0. The van der Waals surface area contributed by atoms with Gasteiger partial charge in [0.05, 0.1) is 13.2 Å². The molecule has 0 radical (unpaired) electrons. The summed E-state index contributed by atoms with van der Waals surface area (Å²) in [5.41, 5.74) is 0. The molecule has 1 heterocycles. The van der Waals surface area contributed by atoms with Crippen molar-refractivity contribution in [1.29, 1.82) is 0 Å². The second kappa shape index (κ2) is 11.2. The number of ether oxygens (including phenoxy) is 2. The van der Waals surface area contributed by atoms with Crippen molar-refractivity contribution in [2.45, 2.75) is 69.9 Å². The van der Waals surface area contributed by atoms with E-state index in [1.54, 1.807) is 0 Å². The summed E-state index contributed by atoms with van der Waals surface area (Å²) in [7, 11) is 0. The summed E-state index contributed by atoms with van der Waals surface area (Å²) in [6.07, 6.45) is 7.59. The van der Waals surface area contributed by atoms with Crippen LogP contribution in [0, 0.1) is 0 Å². The van der Waals surface area contributed by atoms with Gasteiger partial charge in [-0.3, -0.25) is 0 Å². The molecule has 0 spiro atoms. The Labute approximate surface area is 127 Å². The van der Waals surface area contributed by atoms with Gasteiger partial charge in [-0.15, -0.1) is 0 Å². The fraction of sp³-hybridized carbons (Fsp3) is 0.875. The minimum atomic E-state index is -1.03. The number of hydrogen-bond donors (Lipinski definition) is 3. The van der Waals surface area contributed by atoms with Crippen LogP contribution in [-0.2, 0) is 9.47 Å². The normalized spacial score (nSPS) is 27.5. The van der Waals surface area contributed by atoms with Crippen LogP contribution in [0.15, 0.2) is 12.2 Å². The van der Waals surface area contributed by atoms with Crippen LogP contribution in [-0.4, -0.2) is 59.6 Å². The first-order valence-electron chi connectivity index (χ1n) is 8.05. The highest BCUT2D eigenvalue weighted by Gasteiger charge is 2.39. The zero-order valence-electron chi connectivity index (χ0n) is 13.0. The van der Waals surface area contributed by atoms with Gasteiger partial charge in [0.25, 0.3) is 0 Å².